The van der Waals surface area contributed by atoms with Crippen LogP contribution in [0.5, 0.6) is 0 Å². The topological polar surface area (TPSA) is 50.4 Å². The molecule has 1 heterocycles. The van der Waals surface area contributed by atoms with Crippen LogP contribution in [0.3, 0.4) is 0 Å². The molecule has 0 bridgehead atoms. The molecule has 4 nitrogen and oxygen atoms in total. The third kappa shape index (κ3) is 6.58. The molecule has 16 heavy (non-hydrogen) atoms. The summed E-state index contributed by atoms with van der Waals surface area (Å²) in [6, 6.07) is 0.000942. The number of amides is 1. The van der Waals surface area contributed by atoms with Crippen LogP contribution in [0, 0.1) is 0 Å². The highest BCUT2D eigenvalue weighted by Crippen LogP contribution is 2.08. The Kier molecular flexibility index (Phi) is 9.12. The molecule has 6 heteroatoms. The Morgan fingerprint density at radius 3 is 2.94 bits per heavy atom. The van der Waals surface area contributed by atoms with E-state index in [9.17, 15) is 4.79 Å². The lowest BCUT2D eigenvalue weighted by Crippen LogP contribution is -2.42. The van der Waals surface area contributed by atoms with Crippen LogP contribution in [0.2, 0.25) is 0 Å². The van der Waals surface area contributed by atoms with Crippen LogP contribution >= 0.6 is 24.2 Å². The molecular formula is C10H21ClN2O2S. The Morgan fingerprint density at radius 1 is 1.62 bits per heavy atom. The van der Waals surface area contributed by atoms with Gasteiger partial charge in [0, 0.05) is 24.8 Å². The Morgan fingerprint density at radius 2 is 2.38 bits per heavy atom. The van der Waals surface area contributed by atoms with Gasteiger partial charge < -0.3 is 10.1 Å². The molecule has 1 aliphatic heterocycles. The summed E-state index contributed by atoms with van der Waals surface area (Å²) in [7, 11) is 0. The fourth-order valence-corrected chi connectivity index (χ4v) is 2.23. The van der Waals surface area contributed by atoms with Gasteiger partial charge in [-0.2, -0.15) is 0 Å². The maximum absolute atomic E-state index is 11.5. The van der Waals surface area contributed by atoms with E-state index in [-0.39, 0.29) is 30.5 Å². The Bertz CT molecular complexity index is 199. The summed E-state index contributed by atoms with van der Waals surface area (Å²) >= 11 is 1.76. The molecule has 1 amide bonds. The summed E-state index contributed by atoms with van der Waals surface area (Å²) in [5, 5.41) is 6.04. The number of hydrogen-bond acceptors (Lipinski definition) is 4. The van der Waals surface area contributed by atoms with Gasteiger partial charge in [0.25, 0.3) is 0 Å². The van der Waals surface area contributed by atoms with Crippen molar-refractivity contribution < 1.29 is 9.53 Å². The standard InChI is InChI=1S/C10H20N2O2S.ClH/c1-8(2)14-5-3-4-11-10(13)9-6-15-7-12-9;/h8-9,12H,3-7H2,1-2H3,(H,11,13);1H. The quantitative estimate of drug-likeness (QED) is 0.706. The van der Waals surface area contributed by atoms with Crippen molar-refractivity contribution in [2.75, 3.05) is 24.8 Å². The van der Waals surface area contributed by atoms with Gasteiger partial charge >= 0.3 is 0 Å². The number of halogens is 1. The monoisotopic (exact) mass is 268 g/mol. The van der Waals surface area contributed by atoms with Crippen molar-refractivity contribution in [3.8, 4) is 0 Å². The van der Waals surface area contributed by atoms with Crippen LogP contribution < -0.4 is 10.6 Å². The largest absolute Gasteiger partial charge is 0.379 e. The molecular weight excluding hydrogens is 248 g/mol. The Labute approximate surface area is 108 Å². The van der Waals surface area contributed by atoms with Gasteiger partial charge in [-0.1, -0.05) is 0 Å². The van der Waals surface area contributed by atoms with Crippen molar-refractivity contribution in [1.82, 2.24) is 10.6 Å². The number of carbonyl (C=O) groups is 1. The van der Waals surface area contributed by atoms with Crippen LogP contribution in [0.15, 0.2) is 0 Å². The number of nitrogens with one attached hydrogen (secondary N) is 2. The molecule has 1 aliphatic rings. The zero-order valence-corrected chi connectivity index (χ0v) is 11.5. The molecule has 0 saturated carbocycles. The van der Waals surface area contributed by atoms with Crippen LogP contribution in [0.25, 0.3) is 0 Å². The number of ether oxygens (including phenoxy) is 1. The average molecular weight is 269 g/mol. The molecule has 1 unspecified atom stereocenters. The van der Waals surface area contributed by atoms with Crippen molar-refractivity contribution in [2.45, 2.75) is 32.4 Å². The van der Waals surface area contributed by atoms with Gasteiger partial charge in [0.1, 0.15) is 0 Å². The van der Waals surface area contributed by atoms with E-state index >= 15 is 0 Å². The van der Waals surface area contributed by atoms with Crippen molar-refractivity contribution >= 4 is 30.1 Å². The molecule has 1 atom stereocenters. The van der Waals surface area contributed by atoms with Crippen LogP contribution in [-0.4, -0.2) is 42.8 Å². The zero-order valence-electron chi connectivity index (χ0n) is 9.82. The molecule has 0 aliphatic carbocycles. The summed E-state index contributed by atoms with van der Waals surface area (Å²) < 4.78 is 5.38. The van der Waals surface area contributed by atoms with Crippen molar-refractivity contribution in [2.24, 2.45) is 0 Å². The highest BCUT2D eigenvalue weighted by Gasteiger charge is 2.21. The van der Waals surface area contributed by atoms with E-state index in [4.69, 9.17) is 4.74 Å². The van der Waals surface area contributed by atoms with E-state index in [2.05, 4.69) is 10.6 Å². The van der Waals surface area contributed by atoms with Crippen molar-refractivity contribution in [3.63, 3.8) is 0 Å². The van der Waals surface area contributed by atoms with Gasteiger partial charge in [-0.25, -0.2) is 0 Å². The van der Waals surface area contributed by atoms with E-state index in [1.165, 1.54) is 0 Å². The molecule has 0 spiro atoms. The molecule has 96 valence electrons. The molecule has 1 rings (SSSR count). The fourth-order valence-electron chi connectivity index (χ4n) is 1.29. The summed E-state index contributed by atoms with van der Waals surface area (Å²) in [5.74, 6) is 1.88. The lowest BCUT2D eigenvalue weighted by atomic mass is 10.3. The zero-order chi connectivity index (χ0) is 11.1. The number of hydrogen-bond donors (Lipinski definition) is 2. The van der Waals surface area contributed by atoms with Gasteiger partial charge in [0.2, 0.25) is 5.91 Å². The Balaban J connectivity index is 0.00000225. The first-order chi connectivity index (χ1) is 7.20. The first-order valence-corrected chi connectivity index (χ1v) is 6.56. The number of thioether (sulfide) groups is 1. The van der Waals surface area contributed by atoms with Gasteiger partial charge in [-0.05, 0) is 20.3 Å². The minimum atomic E-state index is 0. The van der Waals surface area contributed by atoms with Gasteiger partial charge in [0.05, 0.1) is 12.1 Å². The predicted octanol–water partition coefficient (Wildman–Crippen LogP) is 1.00. The summed E-state index contributed by atoms with van der Waals surface area (Å²) in [5.41, 5.74) is 0. The molecule has 0 radical (unpaired) electrons. The SMILES string of the molecule is CC(C)OCCCNC(=O)C1CSCN1.Cl. The molecule has 1 saturated heterocycles. The maximum atomic E-state index is 11.5. The minimum absolute atomic E-state index is 0. The summed E-state index contributed by atoms with van der Waals surface area (Å²) in [4.78, 5) is 11.5. The van der Waals surface area contributed by atoms with Crippen LogP contribution in [0.4, 0.5) is 0 Å². The van der Waals surface area contributed by atoms with E-state index in [1.807, 2.05) is 13.8 Å². The molecule has 0 aromatic rings. The highest BCUT2D eigenvalue weighted by atomic mass is 35.5. The highest BCUT2D eigenvalue weighted by molar-refractivity contribution is 7.99. The number of rotatable bonds is 6. The van der Waals surface area contributed by atoms with Crippen LogP contribution in [-0.2, 0) is 9.53 Å². The molecule has 0 aromatic carbocycles. The lowest BCUT2D eigenvalue weighted by molar-refractivity contribution is -0.122. The molecule has 1 fully saturated rings. The van der Waals surface area contributed by atoms with Gasteiger partial charge in [0.15, 0.2) is 0 Å². The fraction of sp³-hybridized carbons (Fsp3) is 0.900. The summed E-state index contributed by atoms with van der Waals surface area (Å²) in [6.45, 7) is 5.44. The first kappa shape index (κ1) is 16.0. The normalized spacial score (nSPS) is 19.6. The van der Waals surface area contributed by atoms with E-state index in [0.29, 0.717) is 13.2 Å². The third-order valence-corrected chi connectivity index (χ3v) is 3.04. The maximum Gasteiger partial charge on any atom is 0.238 e. The van der Waals surface area contributed by atoms with Crippen LogP contribution in [0.1, 0.15) is 20.3 Å². The Hall–Kier alpha value is 0.0300. The lowest BCUT2D eigenvalue weighted by Gasteiger charge is -2.11. The van der Waals surface area contributed by atoms with E-state index < -0.39 is 0 Å². The second kappa shape index (κ2) is 9.10. The first-order valence-electron chi connectivity index (χ1n) is 5.40. The second-order valence-electron chi connectivity index (χ2n) is 3.84. The summed E-state index contributed by atoms with van der Waals surface area (Å²) in [6.07, 6.45) is 1.15. The van der Waals surface area contributed by atoms with Gasteiger partial charge in [-0.15, -0.1) is 24.2 Å². The molecule has 2 N–H and O–H groups in total. The predicted molar refractivity (Wildman–Crippen MR) is 70.2 cm³/mol. The smallest absolute Gasteiger partial charge is 0.238 e. The average Bonchev–Trinajstić information content (AvgIpc) is 2.69. The van der Waals surface area contributed by atoms with E-state index in [1.54, 1.807) is 11.8 Å². The third-order valence-electron chi connectivity index (χ3n) is 2.10. The second-order valence-corrected chi connectivity index (χ2v) is 4.87. The van der Waals surface area contributed by atoms with Crippen molar-refractivity contribution in [3.05, 3.63) is 0 Å². The van der Waals surface area contributed by atoms with E-state index in [0.717, 1.165) is 18.1 Å². The minimum Gasteiger partial charge on any atom is -0.379 e. The number of carbonyl (C=O) groups excluding carboxylic acids is 1. The van der Waals surface area contributed by atoms with Gasteiger partial charge in [-0.3, -0.25) is 10.1 Å². The van der Waals surface area contributed by atoms with Crippen molar-refractivity contribution in [1.29, 1.82) is 0 Å². The molecule has 0 aromatic heterocycles.